The minimum absolute atomic E-state index is 0.0243. The first-order chi connectivity index (χ1) is 16.7. The van der Waals surface area contributed by atoms with E-state index >= 15 is 0 Å². The third-order valence-corrected chi connectivity index (χ3v) is 5.27. The Balaban J connectivity index is 1.92. The third kappa shape index (κ3) is 10.8. The number of benzene rings is 1. The van der Waals surface area contributed by atoms with Gasteiger partial charge < -0.3 is 20.1 Å². The van der Waals surface area contributed by atoms with Crippen LogP contribution in [0.1, 0.15) is 54.0 Å². The van der Waals surface area contributed by atoms with Gasteiger partial charge in [0, 0.05) is 24.4 Å². The first-order valence-corrected chi connectivity index (χ1v) is 11.8. The summed E-state index contributed by atoms with van der Waals surface area (Å²) in [5.74, 6) is -1.25. The van der Waals surface area contributed by atoms with Gasteiger partial charge in [0.2, 0.25) is 5.01 Å². The van der Waals surface area contributed by atoms with E-state index in [2.05, 4.69) is 30.9 Å². The molecule has 0 saturated carbocycles. The van der Waals surface area contributed by atoms with Crippen molar-refractivity contribution in [2.24, 2.45) is 5.11 Å². The molecule has 0 radical (unpaired) electrons. The van der Waals surface area contributed by atoms with E-state index in [0.717, 1.165) is 23.3 Å². The van der Waals surface area contributed by atoms with Crippen LogP contribution in [-0.4, -0.2) is 52.9 Å². The highest BCUT2D eigenvalue weighted by Crippen LogP contribution is 2.13. The van der Waals surface area contributed by atoms with Crippen molar-refractivity contribution in [3.05, 3.63) is 56.4 Å². The summed E-state index contributed by atoms with van der Waals surface area (Å²) >= 11 is 1.13. The monoisotopic (exact) mass is 503 g/mol. The first-order valence-electron chi connectivity index (χ1n) is 11.0. The van der Waals surface area contributed by atoms with Crippen molar-refractivity contribution < 1.29 is 23.9 Å². The Labute approximate surface area is 207 Å². The SMILES string of the molecule is CC(C)(C)OC(=O)[C@H](CNC(=O)c1nnc(CCCCN=[N+]=[N-])s1)NC(=O)OCc1ccccc1. The van der Waals surface area contributed by atoms with Gasteiger partial charge in [0.1, 0.15) is 23.3 Å². The van der Waals surface area contributed by atoms with E-state index in [9.17, 15) is 14.4 Å². The predicted octanol–water partition coefficient (Wildman–Crippen LogP) is 3.54. The molecule has 1 atom stereocenters. The Morgan fingerprint density at radius 1 is 1.17 bits per heavy atom. The van der Waals surface area contributed by atoms with Crippen LogP contribution in [0.4, 0.5) is 4.79 Å². The number of ether oxygens (including phenoxy) is 2. The Morgan fingerprint density at radius 3 is 2.60 bits per heavy atom. The quantitative estimate of drug-likeness (QED) is 0.147. The van der Waals surface area contributed by atoms with Gasteiger partial charge in [-0.3, -0.25) is 4.79 Å². The molecule has 0 aliphatic rings. The molecule has 1 aromatic carbocycles. The van der Waals surface area contributed by atoms with Gasteiger partial charge in [-0.1, -0.05) is 46.8 Å². The first kappa shape index (κ1) is 27.5. The van der Waals surface area contributed by atoms with Crippen LogP contribution in [0, 0.1) is 0 Å². The van der Waals surface area contributed by atoms with Crippen molar-refractivity contribution in [1.29, 1.82) is 0 Å². The predicted molar refractivity (Wildman–Crippen MR) is 129 cm³/mol. The van der Waals surface area contributed by atoms with Crippen molar-refractivity contribution in [1.82, 2.24) is 20.8 Å². The molecule has 2 N–H and O–H groups in total. The highest BCUT2D eigenvalue weighted by atomic mass is 32.1. The van der Waals surface area contributed by atoms with Crippen LogP contribution < -0.4 is 10.6 Å². The van der Waals surface area contributed by atoms with Crippen molar-refractivity contribution in [2.75, 3.05) is 13.1 Å². The summed E-state index contributed by atoms with van der Waals surface area (Å²) in [6.45, 7) is 5.29. The highest BCUT2D eigenvalue weighted by Gasteiger charge is 2.28. The van der Waals surface area contributed by atoms with E-state index in [0.29, 0.717) is 24.4 Å². The molecular weight excluding hydrogens is 474 g/mol. The molecule has 0 unspecified atom stereocenters. The Hall–Kier alpha value is -3.70. The highest BCUT2D eigenvalue weighted by molar-refractivity contribution is 7.13. The van der Waals surface area contributed by atoms with E-state index in [1.807, 2.05) is 18.2 Å². The molecule has 12 nitrogen and oxygen atoms in total. The number of rotatable bonds is 12. The number of aryl methyl sites for hydroxylation is 1. The lowest BCUT2D eigenvalue weighted by molar-refractivity contribution is -0.157. The molecular formula is C22H29N7O5S. The van der Waals surface area contributed by atoms with Gasteiger partial charge in [0.15, 0.2) is 0 Å². The molecule has 1 heterocycles. The zero-order valence-electron chi connectivity index (χ0n) is 19.9. The smallest absolute Gasteiger partial charge is 0.408 e. The molecule has 0 fully saturated rings. The lowest BCUT2D eigenvalue weighted by atomic mass is 10.2. The van der Waals surface area contributed by atoms with E-state index in [1.54, 1.807) is 32.9 Å². The number of nitrogens with zero attached hydrogens (tertiary/aromatic N) is 5. The molecule has 188 valence electrons. The molecule has 0 bridgehead atoms. The van der Waals surface area contributed by atoms with Gasteiger partial charge in [-0.15, -0.1) is 10.2 Å². The fraction of sp³-hybridized carbons (Fsp3) is 0.500. The third-order valence-electron chi connectivity index (χ3n) is 4.29. The number of hydrogen-bond donors (Lipinski definition) is 2. The molecule has 35 heavy (non-hydrogen) atoms. The fourth-order valence-corrected chi connectivity index (χ4v) is 3.49. The van der Waals surface area contributed by atoms with E-state index in [1.165, 1.54) is 0 Å². The number of esters is 1. The molecule has 13 heteroatoms. The summed E-state index contributed by atoms with van der Waals surface area (Å²) < 4.78 is 10.5. The molecule has 2 aromatic rings. The van der Waals surface area contributed by atoms with Crippen LogP contribution in [0.25, 0.3) is 10.4 Å². The second-order valence-corrected chi connectivity index (χ2v) is 9.48. The number of azide groups is 1. The van der Waals surface area contributed by atoms with Crippen LogP contribution in [0.2, 0.25) is 0 Å². The minimum Gasteiger partial charge on any atom is -0.458 e. The van der Waals surface area contributed by atoms with Crippen LogP contribution in [-0.2, 0) is 27.3 Å². The lowest BCUT2D eigenvalue weighted by Gasteiger charge is -2.24. The average Bonchev–Trinajstić information content (AvgIpc) is 3.28. The van der Waals surface area contributed by atoms with Crippen molar-refractivity contribution >= 4 is 29.3 Å². The average molecular weight is 504 g/mol. The Morgan fingerprint density at radius 2 is 1.91 bits per heavy atom. The maximum absolute atomic E-state index is 12.6. The molecule has 0 spiro atoms. The molecule has 0 aliphatic heterocycles. The largest absolute Gasteiger partial charge is 0.458 e. The zero-order chi connectivity index (χ0) is 25.7. The van der Waals surface area contributed by atoms with Crippen molar-refractivity contribution in [3.8, 4) is 0 Å². The number of alkyl carbamates (subject to hydrolysis) is 1. The maximum atomic E-state index is 12.6. The number of aromatic nitrogens is 2. The van der Waals surface area contributed by atoms with Gasteiger partial charge in [0.05, 0.1) is 0 Å². The second kappa shape index (κ2) is 13.9. The summed E-state index contributed by atoms with van der Waals surface area (Å²) in [6.07, 6.45) is 1.22. The van der Waals surface area contributed by atoms with Crippen LogP contribution in [0.3, 0.4) is 0 Å². The lowest BCUT2D eigenvalue weighted by Crippen LogP contribution is -2.50. The maximum Gasteiger partial charge on any atom is 0.408 e. The van der Waals surface area contributed by atoms with Crippen molar-refractivity contribution in [2.45, 2.75) is 58.3 Å². The van der Waals surface area contributed by atoms with Gasteiger partial charge in [-0.05, 0) is 44.7 Å². The topological polar surface area (TPSA) is 168 Å². The molecule has 2 amide bonds. The van der Waals surface area contributed by atoms with Crippen molar-refractivity contribution in [3.63, 3.8) is 0 Å². The Bertz CT molecular complexity index is 1030. The fourth-order valence-electron chi connectivity index (χ4n) is 2.69. The summed E-state index contributed by atoms with van der Waals surface area (Å²) in [4.78, 5) is 40.1. The minimum atomic E-state index is -1.17. The standard InChI is InChI=1S/C22H29N7O5S/c1-22(2,3)34-20(31)16(26-21(32)33-14-15-9-5-4-6-10-15)13-24-18(30)19-28-27-17(35-19)11-7-8-12-25-29-23/h4-6,9-10,16H,7-8,11-14H2,1-3H3,(H,24,30)(H,26,32)/t16-/m0/s1. The normalized spacial score (nSPS) is 11.6. The molecule has 0 saturated heterocycles. The summed E-state index contributed by atoms with van der Waals surface area (Å²) in [7, 11) is 0. The van der Waals surface area contributed by atoms with E-state index in [4.69, 9.17) is 15.0 Å². The van der Waals surface area contributed by atoms with Gasteiger partial charge in [0.25, 0.3) is 5.91 Å². The van der Waals surface area contributed by atoms with Crippen LogP contribution in [0.5, 0.6) is 0 Å². The Kier molecular flexibility index (Phi) is 10.9. The summed E-state index contributed by atoms with van der Waals surface area (Å²) in [6, 6.07) is 7.91. The van der Waals surface area contributed by atoms with E-state index in [-0.39, 0.29) is 18.2 Å². The van der Waals surface area contributed by atoms with Gasteiger partial charge in [-0.25, -0.2) is 9.59 Å². The molecule has 1 aromatic heterocycles. The van der Waals surface area contributed by atoms with Crippen LogP contribution >= 0.6 is 11.3 Å². The summed E-state index contributed by atoms with van der Waals surface area (Å²) in [5, 5.41) is 17.2. The molecule has 0 aliphatic carbocycles. The van der Waals surface area contributed by atoms with Crippen LogP contribution in [0.15, 0.2) is 35.4 Å². The number of carbonyl (C=O) groups is 3. The number of unbranched alkanes of at least 4 members (excludes halogenated alkanes) is 1. The van der Waals surface area contributed by atoms with E-state index < -0.39 is 29.6 Å². The van der Waals surface area contributed by atoms with Gasteiger partial charge >= 0.3 is 12.1 Å². The number of nitrogens with one attached hydrogen (secondary N) is 2. The molecule has 2 rings (SSSR count). The number of carbonyl (C=O) groups excluding carboxylic acids is 3. The second-order valence-electron chi connectivity index (χ2n) is 8.41. The number of amides is 2. The van der Waals surface area contributed by atoms with Gasteiger partial charge in [-0.2, -0.15) is 0 Å². The summed E-state index contributed by atoms with van der Waals surface area (Å²) in [5.41, 5.74) is 8.28. The zero-order valence-corrected chi connectivity index (χ0v) is 20.7. The number of hydrogen-bond acceptors (Lipinski definition) is 9.